The minimum atomic E-state index is -4.13. The van der Waals surface area contributed by atoms with Crippen LogP contribution in [0.2, 0.25) is 0 Å². The monoisotopic (exact) mass is 290 g/mol. The molecule has 0 saturated heterocycles. The minimum absolute atomic E-state index is 0.0162. The van der Waals surface area contributed by atoms with Gasteiger partial charge in [-0.2, -0.15) is 13.2 Å². The molecule has 0 spiro atoms. The van der Waals surface area contributed by atoms with Crippen molar-refractivity contribution in [1.82, 2.24) is 5.32 Å². The highest BCUT2D eigenvalue weighted by Crippen LogP contribution is 2.23. The van der Waals surface area contributed by atoms with Gasteiger partial charge in [0.1, 0.15) is 0 Å². The van der Waals surface area contributed by atoms with Crippen LogP contribution in [0.1, 0.15) is 31.7 Å². The van der Waals surface area contributed by atoms with Gasteiger partial charge in [0.2, 0.25) is 0 Å². The molecule has 1 aromatic rings. The Kier molecular flexibility index (Phi) is 5.94. The van der Waals surface area contributed by atoms with Crippen LogP contribution < -0.4 is 5.32 Å². The standard InChI is InChI=1S/C13H17F3N2O2/c1-10(5-4-8-13(14,15)16)17-9-11-6-2-3-7-12(11)18(19)20/h2-3,6-7,10,17H,4-5,8-9H2,1H3. The lowest BCUT2D eigenvalue weighted by Crippen LogP contribution is -2.26. The van der Waals surface area contributed by atoms with Gasteiger partial charge in [-0.15, -0.1) is 0 Å². The van der Waals surface area contributed by atoms with Crippen molar-refractivity contribution in [2.24, 2.45) is 0 Å². The Balaban J connectivity index is 2.41. The molecule has 112 valence electrons. The van der Waals surface area contributed by atoms with Gasteiger partial charge in [0.05, 0.1) is 4.92 Å². The van der Waals surface area contributed by atoms with Gasteiger partial charge in [-0.1, -0.05) is 18.2 Å². The Morgan fingerprint density at radius 2 is 2.00 bits per heavy atom. The van der Waals surface area contributed by atoms with Crippen molar-refractivity contribution in [3.8, 4) is 0 Å². The molecule has 0 heterocycles. The van der Waals surface area contributed by atoms with E-state index >= 15 is 0 Å². The summed E-state index contributed by atoms with van der Waals surface area (Å²) in [5.41, 5.74) is 0.544. The molecule has 0 aromatic heterocycles. The van der Waals surface area contributed by atoms with Gasteiger partial charge in [0.15, 0.2) is 0 Å². The number of hydrogen-bond acceptors (Lipinski definition) is 3. The number of alkyl halides is 3. The molecular formula is C13H17F3N2O2. The second-order valence-electron chi connectivity index (χ2n) is 4.68. The van der Waals surface area contributed by atoms with Gasteiger partial charge in [0, 0.05) is 30.6 Å². The SMILES string of the molecule is CC(CCCC(F)(F)F)NCc1ccccc1[N+](=O)[O-]. The van der Waals surface area contributed by atoms with Crippen LogP contribution in [0, 0.1) is 10.1 Å². The number of benzene rings is 1. The van der Waals surface area contributed by atoms with Crippen molar-refractivity contribution in [2.45, 2.75) is 44.9 Å². The van der Waals surface area contributed by atoms with E-state index in [0.717, 1.165) is 0 Å². The Labute approximate surface area is 115 Å². The molecular weight excluding hydrogens is 273 g/mol. The molecule has 1 N–H and O–H groups in total. The van der Waals surface area contributed by atoms with E-state index in [-0.39, 0.29) is 24.7 Å². The second kappa shape index (κ2) is 7.23. The molecule has 0 saturated carbocycles. The molecule has 0 aliphatic carbocycles. The van der Waals surface area contributed by atoms with Crippen molar-refractivity contribution in [2.75, 3.05) is 0 Å². The van der Waals surface area contributed by atoms with Crippen molar-refractivity contribution in [3.63, 3.8) is 0 Å². The molecule has 1 aromatic carbocycles. The number of nitro groups is 1. The van der Waals surface area contributed by atoms with Gasteiger partial charge < -0.3 is 5.32 Å². The van der Waals surface area contributed by atoms with E-state index < -0.39 is 17.5 Å². The number of nitrogens with zero attached hydrogens (tertiary/aromatic N) is 1. The van der Waals surface area contributed by atoms with E-state index in [1.54, 1.807) is 25.1 Å². The maximum atomic E-state index is 12.0. The third-order valence-corrected chi connectivity index (χ3v) is 2.93. The summed E-state index contributed by atoms with van der Waals surface area (Å²) < 4.78 is 36.0. The van der Waals surface area contributed by atoms with Crippen LogP contribution in [0.5, 0.6) is 0 Å². The summed E-state index contributed by atoms with van der Waals surface area (Å²) in [5.74, 6) is 0. The third-order valence-electron chi connectivity index (χ3n) is 2.93. The number of nitrogens with one attached hydrogen (secondary N) is 1. The van der Waals surface area contributed by atoms with Crippen molar-refractivity contribution in [1.29, 1.82) is 0 Å². The Morgan fingerprint density at radius 1 is 1.35 bits per heavy atom. The van der Waals surface area contributed by atoms with E-state index in [2.05, 4.69) is 5.32 Å². The number of rotatable bonds is 7. The quantitative estimate of drug-likeness (QED) is 0.613. The average molecular weight is 290 g/mol. The van der Waals surface area contributed by atoms with Crippen LogP contribution in [0.3, 0.4) is 0 Å². The zero-order valence-electron chi connectivity index (χ0n) is 11.1. The lowest BCUT2D eigenvalue weighted by atomic mass is 10.1. The Bertz CT molecular complexity index is 449. The maximum absolute atomic E-state index is 12.0. The predicted octanol–water partition coefficient (Wildman–Crippen LogP) is 3.81. The van der Waals surface area contributed by atoms with E-state index in [0.29, 0.717) is 12.0 Å². The van der Waals surface area contributed by atoms with Gasteiger partial charge in [-0.05, 0) is 19.8 Å². The molecule has 1 rings (SSSR count). The summed E-state index contributed by atoms with van der Waals surface area (Å²) in [6.07, 6.45) is -4.50. The molecule has 0 fully saturated rings. The van der Waals surface area contributed by atoms with E-state index in [1.165, 1.54) is 6.07 Å². The minimum Gasteiger partial charge on any atom is -0.310 e. The van der Waals surface area contributed by atoms with Crippen molar-refractivity contribution < 1.29 is 18.1 Å². The largest absolute Gasteiger partial charge is 0.389 e. The van der Waals surface area contributed by atoms with Crippen LogP contribution in [0.15, 0.2) is 24.3 Å². The van der Waals surface area contributed by atoms with Gasteiger partial charge in [-0.25, -0.2) is 0 Å². The van der Waals surface area contributed by atoms with E-state index in [1.807, 2.05) is 0 Å². The molecule has 0 aliphatic rings. The number of halogens is 3. The summed E-state index contributed by atoms with van der Waals surface area (Å²) in [4.78, 5) is 10.3. The highest BCUT2D eigenvalue weighted by Gasteiger charge is 2.26. The predicted molar refractivity (Wildman–Crippen MR) is 69.3 cm³/mol. The molecule has 0 amide bonds. The molecule has 1 unspecified atom stereocenters. The molecule has 0 radical (unpaired) electrons. The number of nitro benzene ring substituents is 1. The van der Waals surface area contributed by atoms with Gasteiger partial charge >= 0.3 is 6.18 Å². The lowest BCUT2D eigenvalue weighted by molar-refractivity contribution is -0.385. The van der Waals surface area contributed by atoms with Crippen molar-refractivity contribution in [3.05, 3.63) is 39.9 Å². The summed E-state index contributed by atoms with van der Waals surface area (Å²) in [5, 5.41) is 13.8. The van der Waals surface area contributed by atoms with Gasteiger partial charge in [0.25, 0.3) is 5.69 Å². The zero-order valence-corrected chi connectivity index (χ0v) is 11.1. The fourth-order valence-corrected chi connectivity index (χ4v) is 1.83. The maximum Gasteiger partial charge on any atom is 0.389 e. The first-order chi connectivity index (χ1) is 9.29. The van der Waals surface area contributed by atoms with Crippen LogP contribution in [-0.2, 0) is 6.54 Å². The fourth-order valence-electron chi connectivity index (χ4n) is 1.83. The molecule has 0 bridgehead atoms. The number of hydrogen-bond donors (Lipinski definition) is 1. The molecule has 0 aliphatic heterocycles. The van der Waals surface area contributed by atoms with Gasteiger partial charge in [-0.3, -0.25) is 10.1 Å². The first-order valence-electron chi connectivity index (χ1n) is 6.32. The smallest absolute Gasteiger partial charge is 0.310 e. The summed E-state index contributed by atoms with van der Waals surface area (Å²) in [6.45, 7) is 2.04. The summed E-state index contributed by atoms with van der Waals surface area (Å²) in [6, 6.07) is 6.18. The first kappa shape index (κ1) is 16.4. The molecule has 4 nitrogen and oxygen atoms in total. The van der Waals surface area contributed by atoms with Crippen LogP contribution in [0.25, 0.3) is 0 Å². The highest BCUT2D eigenvalue weighted by molar-refractivity contribution is 5.39. The fraction of sp³-hybridized carbons (Fsp3) is 0.538. The second-order valence-corrected chi connectivity index (χ2v) is 4.68. The Morgan fingerprint density at radius 3 is 2.60 bits per heavy atom. The summed E-state index contributed by atoms with van der Waals surface area (Å²) >= 11 is 0. The molecule has 7 heteroatoms. The summed E-state index contributed by atoms with van der Waals surface area (Å²) in [7, 11) is 0. The van der Waals surface area contributed by atoms with E-state index in [9.17, 15) is 23.3 Å². The molecule has 20 heavy (non-hydrogen) atoms. The third kappa shape index (κ3) is 6.01. The first-order valence-corrected chi connectivity index (χ1v) is 6.32. The highest BCUT2D eigenvalue weighted by atomic mass is 19.4. The lowest BCUT2D eigenvalue weighted by Gasteiger charge is -2.14. The van der Waals surface area contributed by atoms with Crippen LogP contribution in [0.4, 0.5) is 18.9 Å². The molecule has 1 atom stereocenters. The number of para-hydroxylation sites is 1. The average Bonchev–Trinajstić information content (AvgIpc) is 2.35. The van der Waals surface area contributed by atoms with Crippen LogP contribution in [-0.4, -0.2) is 17.1 Å². The topological polar surface area (TPSA) is 55.2 Å². The normalized spacial score (nSPS) is 13.2. The zero-order chi connectivity index (χ0) is 15.2. The van der Waals surface area contributed by atoms with Crippen molar-refractivity contribution >= 4 is 5.69 Å². The Hall–Kier alpha value is -1.63. The van der Waals surface area contributed by atoms with E-state index in [4.69, 9.17) is 0 Å². The van der Waals surface area contributed by atoms with Crippen LogP contribution >= 0.6 is 0 Å².